The molecule has 0 saturated carbocycles. The summed E-state index contributed by atoms with van der Waals surface area (Å²) < 4.78 is 7.26. The maximum Gasteiger partial charge on any atom is 0.240 e. The zero-order chi connectivity index (χ0) is 16.4. The van der Waals surface area contributed by atoms with Crippen LogP contribution in [0.15, 0.2) is 5.51 Å². The van der Waals surface area contributed by atoms with Crippen molar-refractivity contribution >= 4 is 22.4 Å². The van der Waals surface area contributed by atoms with Crippen LogP contribution in [0.5, 0.6) is 5.88 Å². The van der Waals surface area contributed by atoms with Crippen molar-refractivity contribution in [3.05, 3.63) is 16.8 Å². The summed E-state index contributed by atoms with van der Waals surface area (Å²) in [6, 6.07) is 0.152. The number of ether oxygens (including phenoxy) is 1. The van der Waals surface area contributed by atoms with Gasteiger partial charge in [-0.1, -0.05) is 11.3 Å². The van der Waals surface area contributed by atoms with Gasteiger partial charge in [0, 0.05) is 13.1 Å². The molecule has 3 heterocycles. The molecule has 0 radical (unpaired) electrons. The molecule has 1 N–H and O–H groups in total. The van der Waals surface area contributed by atoms with Gasteiger partial charge in [0.15, 0.2) is 0 Å². The molecule has 9 heteroatoms. The summed E-state index contributed by atoms with van der Waals surface area (Å²) in [6.45, 7) is 3.18. The first kappa shape index (κ1) is 15.9. The second kappa shape index (κ2) is 6.63. The molecule has 0 aliphatic carbocycles. The Morgan fingerprint density at radius 2 is 2.39 bits per heavy atom. The average Bonchev–Trinajstić information content (AvgIpc) is 3.20. The Balaban J connectivity index is 1.74. The van der Waals surface area contributed by atoms with Gasteiger partial charge in [-0.25, -0.2) is 4.68 Å². The van der Waals surface area contributed by atoms with Crippen LogP contribution in [0, 0.1) is 6.92 Å². The van der Waals surface area contributed by atoms with Crippen LogP contribution in [0.4, 0.5) is 5.13 Å². The smallest absolute Gasteiger partial charge is 0.240 e. The molecule has 0 aromatic carbocycles. The number of hydrogen-bond donors (Lipinski definition) is 1. The van der Waals surface area contributed by atoms with Gasteiger partial charge in [0.2, 0.25) is 16.9 Å². The van der Waals surface area contributed by atoms with E-state index in [-0.39, 0.29) is 11.9 Å². The van der Waals surface area contributed by atoms with Crippen molar-refractivity contribution in [3.63, 3.8) is 0 Å². The number of carbonyl (C=O) groups excluding carboxylic acids is 1. The molecule has 1 fully saturated rings. The lowest BCUT2D eigenvalue weighted by Gasteiger charge is -2.24. The Hall–Kier alpha value is -2.00. The number of aromatic nitrogens is 4. The Bertz CT molecular complexity index is 684. The van der Waals surface area contributed by atoms with Crippen LogP contribution in [0.2, 0.25) is 0 Å². The monoisotopic (exact) mass is 336 g/mol. The lowest BCUT2D eigenvalue weighted by Crippen LogP contribution is -2.33. The van der Waals surface area contributed by atoms with E-state index in [1.807, 2.05) is 14.0 Å². The van der Waals surface area contributed by atoms with E-state index in [0.717, 1.165) is 36.5 Å². The number of hydrogen-bond acceptors (Lipinski definition) is 7. The molecule has 124 valence electrons. The molecule has 0 bridgehead atoms. The third-order valence-electron chi connectivity index (χ3n) is 4.06. The number of amides is 1. The Morgan fingerprint density at radius 3 is 3.09 bits per heavy atom. The van der Waals surface area contributed by atoms with E-state index < -0.39 is 0 Å². The first-order valence-electron chi connectivity index (χ1n) is 7.47. The summed E-state index contributed by atoms with van der Waals surface area (Å²) in [5.41, 5.74) is 3.62. The zero-order valence-corrected chi connectivity index (χ0v) is 14.3. The fraction of sp³-hybridized carbons (Fsp3) is 0.571. The van der Waals surface area contributed by atoms with E-state index in [4.69, 9.17) is 4.74 Å². The molecular formula is C14H20N6O2S. The van der Waals surface area contributed by atoms with E-state index in [1.54, 1.807) is 17.3 Å². The number of likely N-dealkylation sites (tertiary alicyclic amines) is 1. The van der Waals surface area contributed by atoms with Crippen LogP contribution in [0.1, 0.15) is 30.1 Å². The highest BCUT2D eigenvalue weighted by atomic mass is 32.1. The average molecular weight is 336 g/mol. The van der Waals surface area contributed by atoms with Crippen molar-refractivity contribution in [2.75, 3.05) is 25.5 Å². The van der Waals surface area contributed by atoms with Gasteiger partial charge < -0.3 is 4.74 Å². The second-order valence-corrected chi connectivity index (χ2v) is 6.39. The quantitative estimate of drug-likeness (QED) is 0.887. The van der Waals surface area contributed by atoms with Crippen LogP contribution in [0.3, 0.4) is 0 Å². The second-order valence-electron chi connectivity index (χ2n) is 5.55. The summed E-state index contributed by atoms with van der Waals surface area (Å²) in [6.07, 6.45) is 2.04. The standard InChI is InChI=1S/C14H20N6O2S/c1-9-12(13(22-3)19(2)18-9)10-5-4-6-20(10)7-11(21)16-14-17-15-8-23-14/h8,10H,4-7H2,1-3H3,(H,16,17,21). The third kappa shape index (κ3) is 3.20. The molecular weight excluding hydrogens is 316 g/mol. The molecule has 2 aromatic heterocycles. The Morgan fingerprint density at radius 1 is 1.57 bits per heavy atom. The van der Waals surface area contributed by atoms with Crippen LogP contribution in [-0.4, -0.2) is 51.0 Å². The van der Waals surface area contributed by atoms with Crippen LogP contribution in [-0.2, 0) is 11.8 Å². The van der Waals surface area contributed by atoms with Gasteiger partial charge in [0.25, 0.3) is 0 Å². The summed E-state index contributed by atoms with van der Waals surface area (Å²) >= 11 is 1.31. The molecule has 1 atom stereocenters. The summed E-state index contributed by atoms with van der Waals surface area (Å²) in [5.74, 6) is 0.693. The van der Waals surface area contributed by atoms with Crippen molar-refractivity contribution in [1.82, 2.24) is 24.9 Å². The minimum Gasteiger partial charge on any atom is -0.481 e. The molecule has 2 aromatic rings. The highest BCUT2D eigenvalue weighted by molar-refractivity contribution is 7.13. The summed E-state index contributed by atoms with van der Waals surface area (Å²) in [5, 5.41) is 15.3. The maximum atomic E-state index is 12.2. The van der Waals surface area contributed by atoms with Crippen LogP contribution >= 0.6 is 11.3 Å². The normalized spacial score (nSPS) is 18.3. The van der Waals surface area contributed by atoms with Gasteiger partial charge in [-0.3, -0.25) is 15.0 Å². The maximum absolute atomic E-state index is 12.2. The largest absolute Gasteiger partial charge is 0.481 e. The Labute approximate surface area is 138 Å². The number of aryl methyl sites for hydroxylation is 2. The number of nitrogens with one attached hydrogen (secondary N) is 1. The number of nitrogens with zero attached hydrogens (tertiary/aromatic N) is 5. The number of carbonyl (C=O) groups is 1. The van der Waals surface area contributed by atoms with Gasteiger partial charge in [0.1, 0.15) is 5.51 Å². The van der Waals surface area contributed by atoms with Crippen LogP contribution < -0.4 is 10.1 Å². The molecule has 3 rings (SSSR count). The highest BCUT2D eigenvalue weighted by Crippen LogP contribution is 2.38. The van der Waals surface area contributed by atoms with Crippen molar-refractivity contribution in [2.24, 2.45) is 7.05 Å². The van der Waals surface area contributed by atoms with Gasteiger partial charge in [0.05, 0.1) is 24.9 Å². The van der Waals surface area contributed by atoms with E-state index >= 15 is 0 Å². The van der Waals surface area contributed by atoms with Gasteiger partial charge in [-0.2, -0.15) is 5.10 Å². The van der Waals surface area contributed by atoms with E-state index in [2.05, 4.69) is 25.5 Å². The lowest BCUT2D eigenvalue weighted by atomic mass is 10.1. The van der Waals surface area contributed by atoms with Crippen molar-refractivity contribution in [1.29, 1.82) is 0 Å². The zero-order valence-electron chi connectivity index (χ0n) is 13.4. The first-order valence-corrected chi connectivity index (χ1v) is 8.35. The fourth-order valence-electron chi connectivity index (χ4n) is 3.19. The first-order chi connectivity index (χ1) is 11.1. The van der Waals surface area contributed by atoms with Gasteiger partial charge in [-0.15, -0.1) is 10.2 Å². The number of methoxy groups -OCH3 is 1. The van der Waals surface area contributed by atoms with Crippen molar-refractivity contribution in [3.8, 4) is 5.88 Å². The van der Waals surface area contributed by atoms with E-state index in [1.165, 1.54) is 11.3 Å². The van der Waals surface area contributed by atoms with Gasteiger partial charge in [-0.05, 0) is 26.3 Å². The molecule has 8 nitrogen and oxygen atoms in total. The molecule has 1 saturated heterocycles. The molecule has 1 aliphatic heterocycles. The summed E-state index contributed by atoms with van der Waals surface area (Å²) in [7, 11) is 3.53. The SMILES string of the molecule is COc1c(C2CCCN2CC(=O)Nc2nncs2)c(C)nn1C. The van der Waals surface area contributed by atoms with Crippen molar-refractivity contribution < 1.29 is 9.53 Å². The molecule has 23 heavy (non-hydrogen) atoms. The molecule has 1 aliphatic rings. The molecule has 0 spiro atoms. The van der Waals surface area contributed by atoms with E-state index in [0.29, 0.717) is 11.7 Å². The van der Waals surface area contributed by atoms with E-state index in [9.17, 15) is 4.79 Å². The van der Waals surface area contributed by atoms with Gasteiger partial charge >= 0.3 is 0 Å². The Kier molecular flexibility index (Phi) is 4.58. The summed E-state index contributed by atoms with van der Waals surface area (Å²) in [4.78, 5) is 14.4. The minimum absolute atomic E-state index is 0.0749. The topological polar surface area (TPSA) is 85.2 Å². The van der Waals surface area contributed by atoms with Crippen molar-refractivity contribution in [2.45, 2.75) is 25.8 Å². The number of anilines is 1. The lowest BCUT2D eigenvalue weighted by molar-refractivity contribution is -0.117. The fourth-order valence-corrected chi connectivity index (χ4v) is 3.65. The number of rotatable bonds is 5. The predicted molar refractivity (Wildman–Crippen MR) is 86.6 cm³/mol. The minimum atomic E-state index is -0.0749. The molecule has 1 amide bonds. The predicted octanol–water partition coefficient (Wildman–Crippen LogP) is 1.36. The molecule has 1 unspecified atom stereocenters. The van der Waals surface area contributed by atoms with Crippen LogP contribution in [0.25, 0.3) is 0 Å². The third-order valence-corrected chi connectivity index (χ3v) is 4.66. The highest BCUT2D eigenvalue weighted by Gasteiger charge is 2.33.